The zero-order valence-electron chi connectivity index (χ0n) is 8.90. The van der Waals surface area contributed by atoms with E-state index in [4.69, 9.17) is 10.8 Å². The van der Waals surface area contributed by atoms with Crippen LogP contribution >= 0.6 is 11.8 Å². The molecular formula is C11H16FNOS. The maximum atomic E-state index is 13.5. The molecule has 0 fully saturated rings. The normalized spacial score (nSPS) is 15.0. The third-order valence-electron chi connectivity index (χ3n) is 2.06. The summed E-state index contributed by atoms with van der Waals surface area (Å²) in [6.45, 7) is 3.70. The number of halogens is 1. The van der Waals surface area contributed by atoms with Gasteiger partial charge in [-0.1, -0.05) is 19.1 Å². The quantitative estimate of drug-likeness (QED) is 0.779. The third-order valence-corrected chi connectivity index (χ3v) is 3.28. The average Bonchev–Trinajstić information content (AvgIpc) is 2.20. The molecule has 0 saturated carbocycles. The first kappa shape index (κ1) is 12.5. The molecule has 3 N–H and O–H groups in total. The number of aliphatic hydroxyl groups excluding tert-OH is 1. The van der Waals surface area contributed by atoms with Gasteiger partial charge in [0.1, 0.15) is 5.82 Å². The zero-order valence-corrected chi connectivity index (χ0v) is 9.72. The first-order chi connectivity index (χ1) is 7.06. The molecule has 1 aromatic carbocycles. The predicted octanol–water partition coefficient (Wildman–Crippen LogP) is 2.32. The van der Waals surface area contributed by atoms with Crippen LogP contribution in [0.1, 0.15) is 25.5 Å². The molecule has 4 heteroatoms. The Hall–Kier alpha value is -0.580. The van der Waals surface area contributed by atoms with Gasteiger partial charge in [-0.2, -0.15) is 0 Å². The highest BCUT2D eigenvalue weighted by Crippen LogP contribution is 2.31. The largest absolute Gasteiger partial charge is 0.395 e. The van der Waals surface area contributed by atoms with E-state index in [9.17, 15) is 4.39 Å². The van der Waals surface area contributed by atoms with Crippen molar-refractivity contribution in [3.8, 4) is 0 Å². The van der Waals surface area contributed by atoms with Crippen LogP contribution in [0.5, 0.6) is 0 Å². The maximum Gasteiger partial charge on any atom is 0.137 e. The van der Waals surface area contributed by atoms with Gasteiger partial charge in [-0.25, -0.2) is 4.39 Å². The third kappa shape index (κ3) is 3.19. The minimum Gasteiger partial charge on any atom is -0.395 e. The van der Waals surface area contributed by atoms with Crippen molar-refractivity contribution in [2.75, 3.05) is 6.61 Å². The molecule has 0 amide bonds. The summed E-state index contributed by atoms with van der Waals surface area (Å²) in [5.74, 6) is -0.268. The van der Waals surface area contributed by atoms with Gasteiger partial charge in [0.25, 0.3) is 0 Å². The molecule has 15 heavy (non-hydrogen) atoms. The zero-order chi connectivity index (χ0) is 11.4. The molecule has 0 saturated heterocycles. The molecule has 0 heterocycles. The number of hydrogen-bond acceptors (Lipinski definition) is 3. The van der Waals surface area contributed by atoms with Crippen LogP contribution in [0.2, 0.25) is 0 Å². The summed E-state index contributed by atoms with van der Waals surface area (Å²) in [6, 6.07) is 4.69. The van der Waals surface area contributed by atoms with Crippen LogP contribution in [0.4, 0.5) is 4.39 Å². The lowest BCUT2D eigenvalue weighted by atomic mass is 10.1. The molecule has 84 valence electrons. The van der Waals surface area contributed by atoms with Gasteiger partial charge < -0.3 is 10.8 Å². The van der Waals surface area contributed by atoms with Crippen molar-refractivity contribution < 1.29 is 9.50 Å². The summed E-state index contributed by atoms with van der Waals surface area (Å²) in [7, 11) is 0. The van der Waals surface area contributed by atoms with Crippen LogP contribution in [-0.2, 0) is 0 Å². The Bertz CT molecular complexity index is 330. The van der Waals surface area contributed by atoms with Gasteiger partial charge in [-0.15, -0.1) is 11.8 Å². The summed E-state index contributed by atoms with van der Waals surface area (Å²) >= 11 is 1.32. The molecule has 1 rings (SSSR count). The molecule has 1 aromatic rings. The first-order valence-electron chi connectivity index (χ1n) is 4.87. The van der Waals surface area contributed by atoms with Crippen LogP contribution in [0.15, 0.2) is 23.1 Å². The van der Waals surface area contributed by atoms with Crippen LogP contribution < -0.4 is 5.73 Å². The summed E-state index contributed by atoms with van der Waals surface area (Å²) in [5, 5.41) is 8.91. The van der Waals surface area contributed by atoms with Gasteiger partial charge in [0.05, 0.1) is 6.61 Å². The fourth-order valence-electron chi connectivity index (χ4n) is 1.25. The van der Waals surface area contributed by atoms with Crippen molar-refractivity contribution in [1.29, 1.82) is 0 Å². The Balaban J connectivity index is 3.02. The molecule has 0 aliphatic heterocycles. The van der Waals surface area contributed by atoms with E-state index in [1.165, 1.54) is 17.8 Å². The standard InChI is InChI=1S/C11H16FNOS/c1-7(6-14)15-11-9(8(2)13)4-3-5-10(11)12/h3-5,7-8,14H,6,13H2,1-2H3/t7?,8-/m1/s1. The minimum atomic E-state index is -0.268. The summed E-state index contributed by atoms with van der Waals surface area (Å²) in [5.41, 5.74) is 6.55. The lowest BCUT2D eigenvalue weighted by Crippen LogP contribution is -2.10. The highest BCUT2D eigenvalue weighted by Gasteiger charge is 2.14. The number of benzene rings is 1. The lowest BCUT2D eigenvalue weighted by Gasteiger charge is -2.15. The van der Waals surface area contributed by atoms with Crippen molar-refractivity contribution in [1.82, 2.24) is 0 Å². The van der Waals surface area contributed by atoms with Crippen LogP contribution in [0, 0.1) is 5.82 Å². The fourth-order valence-corrected chi connectivity index (χ4v) is 2.29. The summed E-state index contributed by atoms with van der Waals surface area (Å²) < 4.78 is 13.5. The van der Waals surface area contributed by atoms with Crippen LogP contribution in [0.25, 0.3) is 0 Å². The van der Waals surface area contributed by atoms with Gasteiger partial charge in [0.15, 0.2) is 0 Å². The van der Waals surface area contributed by atoms with Crippen molar-refractivity contribution in [3.63, 3.8) is 0 Å². The Labute approximate surface area is 93.7 Å². The molecule has 0 bridgehead atoms. The number of nitrogens with two attached hydrogens (primary N) is 1. The fraction of sp³-hybridized carbons (Fsp3) is 0.455. The first-order valence-corrected chi connectivity index (χ1v) is 5.75. The Morgan fingerprint density at radius 1 is 1.47 bits per heavy atom. The van der Waals surface area contributed by atoms with Gasteiger partial charge in [-0.05, 0) is 18.6 Å². The van der Waals surface area contributed by atoms with E-state index in [-0.39, 0.29) is 23.7 Å². The Kier molecular flexibility index (Phi) is 4.57. The molecule has 0 aliphatic carbocycles. The van der Waals surface area contributed by atoms with E-state index in [1.807, 2.05) is 19.9 Å². The van der Waals surface area contributed by atoms with Gasteiger partial charge >= 0.3 is 0 Å². The van der Waals surface area contributed by atoms with Gasteiger partial charge in [0.2, 0.25) is 0 Å². The minimum absolute atomic E-state index is 0.0252. The van der Waals surface area contributed by atoms with E-state index in [0.717, 1.165) is 5.56 Å². The Morgan fingerprint density at radius 2 is 2.13 bits per heavy atom. The highest BCUT2D eigenvalue weighted by atomic mass is 32.2. The molecule has 2 nitrogen and oxygen atoms in total. The smallest absolute Gasteiger partial charge is 0.137 e. The van der Waals surface area contributed by atoms with Crippen LogP contribution in [-0.4, -0.2) is 17.0 Å². The second kappa shape index (κ2) is 5.49. The van der Waals surface area contributed by atoms with Crippen molar-refractivity contribution >= 4 is 11.8 Å². The molecular weight excluding hydrogens is 213 g/mol. The van der Waals surface area contributed by atoms with E-state index in [0.29, 0.717) is 4.90 Å². The molecule has 1 unspecified atom stereocenters. The van der Waals surface area contributed by atoms with Crippen molar-refractivity contribution in [2.45, 2.75) is 30.0 Å². The van der Waals surface area contributed by atoms with Crippen LogP contribution in [0.3, 0.4) is 0 Å². The molecule has 0 spiro atoms. The molecule has 2 atom stereocenters. The monoisotopic (exact) mass is 229 g/mol. The molecule has 0 aliphatic rings. The lowest BCUT2D eigenvalue weighted by molar-refractivity contribution is 0.300. The number of hydrogen-bond donors (Lipinski definition) is 2. The summed E-state index contributed by atoms with van der Waals surface area (Å²) in [6.07, 6.45) is 0. The Morgan fingerprint density at radius 3 is 2.67 bits per heavy atom. The maximum absolute atomic E-state index is 13.5. The van der Waals surface area contributed by atoms with Crippen molar-refractivity contribution in [3.05, 3.63) is 29.6 Å². The van der Waals surface area contributed by atoms with Crippen molar-refractivity contribution in [2.24, 2.45) is 5.73 Å². The summed E-state index contributed by atoms with van der Waals surface area (Å²) in [4.78, 5) is 0.550. The van der Waals surface area contributed by atoms with E-state index in [1.54, 1.807) is 6.07 Å². The second-order valence-corrected chi connectivity index (χ2v) is 5.01. The van der Waals surface area contributed by atoms with E-state index >= 15 is 0 Å². The van der Waals surface area contributed by atoms with Gasteiger partial charge in [0, 0.05) is 16.2 Å². The van der Waals surface area contributed by atoms with E-state index < -0.39 is 0 Å². The van der Waals surface area contributed by atoms with Gasteiger partial charge in [-0.3, -0.25) is 0 Å². The highest BCUT2D eigenvalue weighted by molar-refractivity contribution is 8.00. The SMILES string of the molecule is CC(CO)Sc1c(F)cccc1[C@@H](C)N. The molecule has 0 radical (unpaired) electrons. The number of aliphatic hydroxyl groups is 1. The average molecular weight is 229 g/mol. The van der Waals surface area contributed by atoms with E-state index in [2.05, 4.69) is 0 Å². The second-order valence-electron chi connectivity index (χ2n) is 3.56. The number of rotatable bonds is 4. The topological polar surface area (TPSA) is 46.2 Å². The predicted molar refractivity (Wildman–Crippen MR) is 61.4 cm³/mol. The number of thioether (sulfide) groups is 1. The molecule has 0 aromatic heterocycles.